The highest BCUT2D eigenvalue weighted by molar-refractivity contribution is 6.35. The summed E-state index contributed by atoms with van der Waals surface area (Å²) >= 11 is 0. The van der Waals surface area contributed by atoms with Crippen molar-refractivity contribution < 1.29 is 18.7 Å². The topological polar surface area (TPSA) is 49.9 Å². The minimum atomic E-state index is -0.427. The van der Waals surface area contributed by atoms with E-state index in [0.717, 1.165) is 30.8 Å². The molecule has 2 aromatic rings. The Morgan fingerprint density at radius 2 is 1.64 bits per heavy atom. The maximum atomic E-state index is 14.1. The first-order valence-corrected chi connectivity index (χ1v) is 9.33. The molecule has 0 spiro atoms. The Balaban J connectivity index is 1.73. The fourth-order valence-electron chi connectivity index (χ4n) is 3.76. The van der Waals surface area contributed by atoms with Crippen molar-refractivity contribution in [2.24, 2.45) is 0 Å². The van der Waals surface area contributed by atoms with Crippen LogP contribution in [0.25, 0.3) is 5.57 Å². The van der Waals surface area contributed by atoms with Gasteiger partial charge in [-0.05, 0) is 36.6 Å². The fourth-order valence-corrected chi connectivity index (χ4v) is 3.76. The Hall–Kier alpha value is -3.15. The summed E-state index contributed by atoms with van der Waals surface area (Å²) < 4.78 is 19.3. The van der Waals surface area contributed by atoms with Gasteiger partial charge in [0.25, 0.3) is 11.8 Å². The molecule has 2 amide bonds. The molecule has 0 radical (unpaired) electrons. The summed E-state index contributed by atoms with van der Waals surface area (Å²) in [4.78, 5) is 29.5. The predicted octanol–water partition coefficient (Wildman–Crippen LogP) is 3.21. The van der Waals surface area contributed by atoms with E-state index in [9.17, 15) is 14.0 Å². The first kappa shape index (κ1) is 18.2. The van der Waals surface area contributed by atoms with Crippen LogP contribution in [0.4, 0.5) is 4.39 Å². The number of carbonyl (C=O) groups is 2. The number of imide groups is 1. The summed E-state index contributed by atoms with van der Waals surface area (Å²) in [5.74, 6) is -0.503. The Kier molecular flexibility index (Phi) is 4.86. The molecule has 0 bridgehead atoms. The zero-order valence-corrected chi connectivity index (χ0v) is 15.7. The largest absolute Gasteiger partial charge is 0.497 e. The molecular formula is C22H21FN2O3. The molecule has 4 rings (SSSR count). The molecule has 1 saturated heterocycles. The molecule has 0 saturated carbocycles. The van der Waals surface area contributed by atoms with Gasteiger partial charge in [0.05, 0.1) is 19.2 Å². The van der Waals surface area contributed by atoms with Crippen LogP contribution in [-0.2, 0) is 16.1 Å². The van der Waals surface area contributed by atoms with Crippen molar-refractivity contribution in [2.75, 3.05) is 20.2 Å². The minimum absolute atomic E-state index is 0.0820. The van der Waals surface area contributed by atoms with Crippen LogP contribution in [0, 0.1) is 5.82 Å². The third-order valence-electron chi connectivity index (χ3n) is 5.23. The quantitative estimate of drug-likeness (QED) is 0.748. The van der Waals surface area contributed by atoms with Gasteiger partial charge in [0.2, 0.25) is 0 Å². The zero-order chi connectivity index (χ0) is 19.7. The Labute approximate surface area is 163 Å². The van der Waals surface area contributed by atoms with Gasteiger partial charge in [0.15, 0.2) is 0 Å². The lowest BCUT2D eigenvalue weighted by Crippen LogP contribution is -2.34. The summed E-state index contributed by atoms with van der Waals surface area (Å²) in [5.41, 5.74) is 1.79. The van der Waals surface area contributed by atoms with Crippen LogP contribution in [0.15, 0.2) is 54.2 Å². The zero-order valence-electron chi connectivity index (χ0n) is 15.7. The number of benzene rings is 2. The Morgan fingerprint density at radius 1 is 0.964 bits per heavy atom. The van der Waals surface area contributed by atoms with Crippen LogP contribution in [0.1, 0.15) is 24.0 Å². The van der Waals surface area contributed by atoms with Crippen molar-refractivity contribution in [2.45, 2.75) is 19.4 Å². The number of ether oxygens (including phenoxy) is 1. The molecule has 1 fully saturated rings. The van der Waals surface area contributed by atoms with Crippen molar-refractivity contribution in [3.05, 3.63) is 71.2 Å². The maximum absolute atomic E-state index is 14.1. The first-order chi connectivity index (χ1) is 13.6. The molecule has 28 heavy (non-hydrogen) atoms. The third kappa shape index (κ3) is 3.15. The number of nitrogens with zero attached hydrogens (tertiary/aromatic N) is 2. The second-order valence-electron chi connectivity index (χ2n) is 6.93. The van der Waals surface area contributed by atoms with Crippen molar-refractivity contribution in [3.8, 4) is 5.75 Å². The summed E-state index contributed by atoms with van der Waals surface area (Å²) in [5, 5.41) is 0. The van der Waals surface area contributed by atoms with Crippen molar-refractivity contribution in [3.63, 3.8) is 0 Å². The number of rotatable bonds is 5. The van der Waals surface area contributed by atoms with Crippen molar-refractivity contribution >= 4 is 17.4 Å². The molecule has 2 aliphatic rings. The van der Waals surface area contributed by atoms with Gasteiger partial charge in [-0.1, -0.05) is 30.3 Å². The second-order valence-corrected chi connectivity index (χ2v) is 6.93. The van der Waals surface area contributed by atoms with Gasteiger partial charge in [-0.25, -0.2) is 4.39 Å². The van der Waals surface area contributed by atoms with E-state index < -0.39 is 5.82 Å². The van der Waals surface area contributed by atoms with E-state index in [-0.39, 0.29) is 18.4 Å². The Bertz CT molecular complexity index is 947. The molecule has 144 valence electrons. The average Bonchev–Trinajstić information content (AvgIpc) is 3.32. The minimum Gasteiger partial charge on any atom is -0.497 e. The number of hydrogen-bond acceptors (Lipinski definition) is 4. The summed E-state index contributed by atoms with van der Waals surface area (Å²) in [6, 6.07) is 13.3. The van der Waals surface area contributed by atoms with Crippen LogP contribution >= 0.6 is 0 Å². The number of methoxy groups -OCH3 is 1. The molecule has 0 N–H and O–H groups in total. The molecular weight excluding hydrogens is 359 g/mol. The molecule has 2 aromatic carbocycles. The molecule has 2 aliphatic heterocycles. The van der Waals surface area contributed by atoms with E-state index in [1.165, 1.54) is 6.07 Å². The molecule has 0 atom stereocenters. The third-order valence-corrected chi connectivity index (χ3v) is 5.23. The monoisotopic (exact) mass is 380 g/mol. The smallest absolute Gasteiger partial charge is 0.278 e. The molecule has 0 unspecified atom stereocenters. The number of likely N-dealkylation sites (tertiary alicyclic amines) is 1. The molecule has 2 heterocycles. The highest BCUT2D eigenvalue weighted by atomic mass is 19.1. The van der Waals surface area contributed by atoms with Gasteiger partial charge in [-0.15, -0.1) is 0 Å². The lowest BCUT2D eigenvalue weighted by atomic mass is 10.0. The fraction of sp³-hybridized carbons (Fsp3) is 0.273. The number of hydrogen-bond donors (Lipinski definition) is 0. The normalized spacial score (nSPS) is 17.1. The summed E-state index contributed by atoms with van der Waals surface area (Å²) in [6.07, 6.45) is 1.96. The number of carbonyl (C=O) groups excluding carboxylic acids is 2. The van der Waals surface area contributed by atoms with Crippen LogP contribution in [0.2, 0.25) is 0 Å². The molecule has 6 heteroatoms. The average molecular weight is 380 g/mol. The SMILES string of the molecule is COc1ccc(C2=C(N3CCCC3)C(=O)N(Cc3ccccc3F)C2=O)cc1. The van der Waals surface area contributed by atoms with Gasteiger partial charge in [-0.2, -0.15) is 0 Å². The van der Waals surface area contributed by atoms with Gasteiger partial charge in [-0.3, -0.25) is 14.5 Å². The lowest BCUT2D eigenvalue weighted by molar-refractivity contribution is -0.138. The number of halogens is 1. The maximum Gasteiger partial charge on any atom is 0.278 e. The highest BCUT2D eigenvalue weighted by Gasteiger charge is 2.42. The van der Waals surface area contributed by atoms with E-state index in [4.69, 9.17) is 4.74 Å². The van der Waals surface area contributed by atoms with Gasteiger partial charge in [0.1, 0.15) is 17.3 Å². The summed E-state index contributed by atoms with van der Waals surface area (Å²) in [7, 11) is 1.57. The van der Waals surface area contributed by atoms with E-state index in [2.05, 4.69) is 0 Å². The standard InChI is InChI=1S/C22H21FN2O3/c1-28-17-10-8-15(9-11-17)19-20(24-12-4-5-13-24)22(27)25(21(19)26)14-16-6-2-3-7-18(16)23/h2-3,6-11H,4-5,12-14H2,1H3. The van der Waals surface area contributed by atoms with Crippen molar-refractivity contribution in [1.82, 2.24) is 9.80 Å². The first-order valence-electron chi connectivity index (χ1n) is 9.33. The molecule has 0 aromatic heterocycles. The van der Waals surface area contributed by atoms with Crippen LogP contribution in [0.3, 0.4) is 0 Å². The molecule has 0 aliphatic carbocycles. The van der Waals surface area contributed by atoms with E-state index in [0.29, 0.717) is 28.1 Å². The Morgan fingerprint density at radius 3 is 2.29 bits per heavy atom. The van der Waals surface area contributed by atoms with E-state index in [1.807, 2.05) is 4.90 Å². The lowest BCUT2D eigenvalue weighted by Gasteiger charge is -2.20. The van der Waals surface area contributed by atoms with E-state index in [1.54, 1.807) is 49.6 Å². The second kappa shape index (κ2) is 7.46. The van der Waals surface area contributed by atoms with Gasteiger partial charge < -0.3 is 9.64 Å². The predicted molar refractivity (Wildman–Crippen MR) is 103 cm³/mol. The van der Waals surface area contributed by atoms with Gasteiger partial charge in [0, 0.05) is 18.7 Å². The highest BCUT2D eigenvalue weighted by Crippen LogP contribution is 2.35. The van der Waals surface area contributed by atoms with Crippen LogP contribution in [-0.4, -0.2) is 41.8 Å². The van der Waals surface area contributed by atoms with E-state index >= 15 is 0 Å². The van der Waals surface area contributed by atoms with Crippen molar-refractivity contribution in [1.29, 1.82) is 0 Å². The van der Waals surface area contributed by atoms with Crippen LogP contribution in [0.5, 0.6) is 5.75 Å². The number of amides is 2. The molecule has 5 nitrogen and oxygen atoms in total. The van der Waals surface area contributed by atoms with Crippen LogP contribution < -0.4 is 4.74 Å². The summed E-state index contributed by atoms with van der Waals surface area (Å²) in [6.45, 7) is 1.39. The van der Waals surface area contributed by atoms with Gasteiger partial charge >= 0.3 is 0 Å².